The van der Waals surface area contributed by atoms with Gasteiger partial charge in [0.2, 0.25) is 10.0 Å². The predicted octanol–water partition coefficient (Wildman–Crippen LogP) is 3.31. The summed E-state index contributed by atoms with van der Waals surface area (Å²) in [5.74, 6) is -1.74. The summed E-state index contributed by atoms with van der Waals surface area (Å²) in [4.78, 5) is -0.303. The van der Waals surface area contributed by atoms with E-state index in [9.17, 15) is 17.2 Å². The van der Waals surface area contributed by atoms with Crippen LogP contribution in [0.2, 0.25) is 0 Å². The molecular weight excluding hydrogens is 284 g/mol. The van der Waals surface area contributed by atoms with Gasteiger partial charge in [0.05, 0.1) is 4.90 Å². The molecule has 0 bridgehead atoms. The highest BCUT2D eigenvalue weighted by Crippen LogP contribution is 2.28. The minimum Gasteiger partial charge on any atom is -0.207 e. The number of rotatable bonds is 4. The Bertz CT molecular complexity index is 548. The number of hydrogen-bond donors (Lipinski definition) is 0. The van der Waals surface area contributed by atoms with Crippen molar-refractivity contribution in [3.63, 3.8) is 0 Å². The maximum Gasteiger partial charge on any atom is 0.243 e. The van der Waals surface area contributed by atoms with Crippen LogP contribution in [0, 0.1) is 11.6 Å². The van der Waals surface area contributed by atoms with Crippen LogP contribution in [0.15, 0.2) is 23.1 Å². The second-order valence-electron chi connectivity index (χ2n) is 5.11. The zero-order valence-corrected chi connectivity index (χ0v) is 12.3. The van der Waals surface area contributed by atoms with Crippen LogP contribution in [0.1, 0.15) is 39.0 Å². The van der Waals surface area contributed by atoms with Gasteiger partial charge in [0.25, 0.3) is 0 Å². The second kappa shape index (κ2) is 6.18. The molecule has 6 heteroatoms. The van der Waals surface area contributed by atoms with E-state index in [4.69, 9.17) is 0 Å². The van der Waals surface area contributed by atoms with Gasteiger partial charge in [-0.1, -0.05) is 26.2 Å². The minimum absolute atomic E-state index is 0.0647. The van der Waals surface area contributed by atoms with E-state index in [1.807, 2.05) is 0 Å². The first-order valence-electron chi connectivity index (χ1n) is 6.93. The van der Waals surface area contributed by atoms with Crippen molar-refractivity contribution in [1.29, 1.82) is 0 Å². The van der Waals surface area contributed by atoms with Crippen molar-refractivity contribution >= 4 is 10.0 Å². The Balaban J connectivity index is 2.35. The van der Waals surface area contributed by atoms with Crippen LogP contribution in [-0.4, -0.2) is 25.3 Å². The minimum atomic E-state index is -3.84. The van der Waals surface area contributed by atoms with Gasteiger partial charge in [-0.2, -0.15) is 4.31 Å². The summed E-state index contributed by atoms with van der Waals surface area (Å²) in [6.45, 7) is 2.06. The summed E-state index contributed by atoms with van der Waals surface area (Å²) in [5.41, 5.74) is 0. The maximum absolute atomic E-state index is 13.2. The van der Waals surface area contributed by atoms with Crippen molar-refractivity contribution in [2.24, 2.45) is 0 Å². The largest absolute Gasteiger partial charge is 0.243 e. The summed E-state index contributed by atoms with van der Waals surface area (Å²) in [7, 11) is -3.84. The lowest BCUT2D eigenvalue weighted by molar-refractivity contribution is 0.261. The summed E-state index contributed by atoms with van der Waals surface area (Å²) in [6, 6.07) is 2.37. The molecule has 0 aliphatic heterocycles. The molecule has 0 amide bonds. The van der Waals surface area contributed by atoms with E-state index in [2.05, 4.69) is 0 Å². The van der Waals surface area contributed by atoms with E-state index in [1.54, 1.807) is 6.92 Å². The third-order valence-corrected chi connectivity index (χ3v) is 5.74. The number of benzene rings is 1. The van der Waals surface area contributed by atoms with Gasteiger partial charge in [-0.05, 0) is 25.0 Å². The lowest BCUT2D eigenvalue weighted by Crippen LogP contribution is -2.41. The predicted molar refractivity (Wildman–Crippen MR) is 72.8 cm³/mol. The maximum atomic E-state index is 13.2. The fraction of sp³-hybridized carbons (Fsp3) is 0.571. The van der Waals surface area contributed by atoms with Crippen LogP contribution < -0.4 is 0 Å². The average Bonchev–Trinajstić information content (AvgIpc) is 2.39. The van der Waals surface area contributed by atoms with Crippen molar-refractivity contribution in [2.75, 3.05) is 6.54 Å². The first-order chi connectivity index (χ1) is 9.45. The molecular formula is C14H19F2NO2S. The topological polar surface area (TPSA) is 37.4 Å². The van der Waals surface area contributed by atoms with Crippen molar-refractivity contribution in [1.82, 2.24) is 4.31 Å². The Morgan fingerprint density at radius 3 is 2.15 bits per heavy atom. The molecule has 0 saturated heterocycles. The third-order valence-electron chi connectivity index (χ3n) is 3.74. The molecule has 1 saturated carbocycles. The van der Waals surface area contributed by atoms with Crippen LogP contribution in [-0.2, 0) is 10.0 Å². The number of nitrogens with zero attached hydrogens (tertiary/aromatic N) is 1. The van der Waals surface area contributed by atoms with Gasteiger partial charge >= 0.3 is 0 Å². The van der Waals surface area contributed by atoms with E-state index in [-0.39, 0.29) is 10.9 Å². The highest BCUT2D eigenvalue weighted by Gasteiger charge is 2.31. The molecule has 1 aromatic rings. The zero-order valence-electron chi connectivity index (χ0n) is 11.5. The Kier molecular flexibility index (Phi) is 4.75. The van der Waals surface area contributed by atoms with Crippen LogP contribution >= 0.6 is 0 Å². The molecule has 112 valence electrons. The SMILES string of the molecule is CCN(C1CCCCC1)S(=O)(=O)c1cc(F)cc(F)c1. The standard InChI is InChI=1S/C14H19F2NO2S/c1-2-17(13-6-4-3-5-7-13)20(18,19)14-9-11(15)8-12(16)10-14/h8-10,13H,2-7H2,1H3. The normalized spacial score (nSPS) is 17.6. The summed E-state index contributed by atoms with van der Waals surface area (Å²) in [5, 5.41) is 0. The molecule has 20 heavy (non-hydrogen) atoms. The average molecular weight is 303 g/mol. The van der Waals surface area contributed by atoms with Crippen molar-refractivity contribution in [3.05, 3.63) is 29.8 Å². The molecule has 0 unspecified atom stereocenters. The van der Waals surface area contributed by atoms with E-state index in [0.717, 1.165) is 44.2 Å². The van der Waals surface area contributed by atoms with Crippen molar-refractivity contribution in [2.45, 2.75) is 50.0 Å². The van der Waals surface area contributed by atoms with Gasteiger partial charge in [-0.25, -0.2) is 17.2 Å². The molecule has 3 nitrogen and oxygen atoms in total. The quantitative estimate of drug-likeness (QED) is 0.856. The Morgan fingerprint density at radius 2 is 1.65 bits per heavy atom. The molecule has 1 aromatic carbocycles. The molecule has 0 heterocycles. The number of hydrogen-bond acceptors (Lipinski definition) is 2. The monoisotopic (exact) mass is 303 g/mol. The van der Waals surface area contributed by atoms with Gasteiger partial charge < -0.3 is 0 Å². The fourth-order valence-electron chi connectivity index (χ4n) is 2.81. The molecule has 0 spiro atoms. The van der Waals surface area contributed by atoms with Gasteiger partial charge in [-0.15, -0.1) is 0 Å². The van der Waals surface area contributed by atoms with Gasteiger partial charge in [0.15, 0.2) is 0 Å². The van der Waals surface area contributed by atoms with E-state index >= 15 is 0 Å². The molecule has 1 fully saturated rings. The van der Waals surface area contributed by atoms with Crippen LogP contribution in [0.5, 0.6) is 0 Å². The lowest BCUT2D eigenvalue weighted by atomic mass is 9.95. The van der Waals surface area contributed by atoms with Gasteiger partial charge in [0.1, 0.15) is 11.6 Å². The zero-order chi connectivity index (χ0) is 14.8. The fourth-order valence-corrected chi connectivity index (χ4v) is 4.54. The first-order valence-corrected chi connectivity index (χ1v) is 8.37. The second-order valence-corrected chi connectivity index (χ2v) is 7.00. The molecule has 1 aliphatic rings. The van der Waals surface area contributed by atoms with Crippen LogP contribution in [0.25, 0.3) is 0 Å². The number of halogens is 2. The molecule has 0 atom stereocenters. The van der Waals surface area contributed by atoms with Crippen LogP contribution in [0.3, 0.4) is 0 Å². The molecule has 0 aromatic heterocycles. The Labute approximate surface area is 118 Å². The highest BCUT2D eigenvalue weighted by atomic mass is 32.2. The Hall–Kier alpha value is -1.01. The molecule has 0 N–H and O–H groups in total. The smallest absolute Gasteiger partial charge is 0.207 e. The van der Waals surface area contributed by atoms with Gasteiger partial charge in [-0.3, -0.25) is 0 Å². The van der Waals surface area contributed by atoms with Crippen LogP contribution in [0.4, 0.5) is 8.78 Å². The molecule has 0 radical (unpaired) electrons. The molecule has 1 aliphatic carbocycles. The summed E-state index contributed by atoms with van der Waals surface area (Å²) >= 11 is 0. The summed E-state index contributed by atoms with van der Waals surface area (Å²) < 4.78 is 53.0. The van der Waals surface area contributed by atoms with Crippen molar-refractivity contribution in [3.8, 4) is 0 Å². The third kappa shape index (κ3) is 3.17. The summed E-state index contributed by atoms with van der Waals surface area (Å²) in [6.07, 6.45) is 4.72. The highest BCUT2D eigenvalue weighted by molar-refractivity contribution is 7.89. The van der Waals surface area contributed by atoms with Crippen molar-refractivity contribution < 1.29 is 17.2 Å². The number of sulfonamides is 1. The van der Waals surface area contributed by atoms with Gasteiger partial charge in [0, 0.05) is 18.7 Å². The lowest BCUT2D eigenvalue weighted by Gasteiger charge is -2.32. The van der Waals surface area contributed by atoms with E-state index < -0.39 is 21.7 Å². The van der Waals surface area contributed by atoms with E-state index in [0.29, 0.717) is 12.6 Å². The molecule has 2 rings (SSSR count). The Morgan fingerprint density at radius 1 is 1.10 bits per heavy atom. The first kappa shape index (κ1) is 15.4. The van der Waals surface area contributed by atoms with E-state index in [1.165, 1.54) is 4.31 Å².